The Morgan fingerprint density at radius 3 is 2.78 bits per heavy atom. The second-order valence-electron chi connectivity index (χ2n) is 4.57. The summed E-state index contributed by atoms with van der Waals surface area (Å²) in [7, 11) is 3.69. The Bertz CT molecular complexity index is 371. The molecule has 0 saturated carbocycles. The second kappa shape index (κ2) is 6.61. The predicted molar refractivity (Wildman–Crippen MR) is 72.4 cm³/mol. The highest BCUT2D eigenvalue weighted by atomic mass is 16.5. The van der Waals surface area contributed by atoms with Crippen LogP contribution >= 0.6 is 0 Å². The van der Waals surface area contributed by atoms with Crippen LogP contribution in [0.15, 0.2) is 24.3 Å². The van der Waals surface area contributed by atoms with Crippen molar-refractivity contribution in [2.45, 2.75) is 12.5 Å². The summed E-state index contributed by atoms with van der Waals surface area (Å²) < 4.78 is 11.0. The van der Waals surface area contributed by atoms with Crippen molar-refractivity contribution in [2.75, 3.05) is 40.4 Å². The van der Waals surface area contributed by atoms with Gasteiger partial charge >= 0.3 is 0 Å². The van der Waals surface area contributed by atoms with Crippen LogP contribution in [0, 0.1) is 0 Å². The summed E-state index contributed by atoms with van der Waals surface area (Å²) in [5, 5.41) is 3.32. The van der Waals surface area contributed by atoms with Crippen molar-refractivity contribution in [3.8, 4) is 11.5 Å². The Labute approximate surface area is 109 Å². The summed E-state index contributed by atoms with van der Waals surface area (Å²) in [6.07, 6.45) is 1.23. The lowest BCUT2D eigenvalue weighted by Gasteiger charge is -2.17. The van der Waals surface area contributed by atoms with Crippen LogP contribution in [-0.2, 0) is 0 Å². The molecule has 1 atom stereocenters. The molecule has 0 aliphatic carbocycles. The molecule has 1 heterocycles. The first kappa shape index (κ1) is 13.2. The molecule has 1 aliphatic heterocycles. The summed E-state index contributed by atoms with van der Waals surface area (Å²) in [6, 6.07) is 8.41. The highest BCUT2D eigenvalue weighted by Crippen LogP contribution is 2.25. The highest BCUT2D eigenvalue weighted by molar-refractivity contribution is 5.39. The zero-order chi connectivity index (χ0) is 12.8. The molecule has 18 heavy (non-hydrogen) atoms. The fourth-order valence-electron chi connectivity index (χ4n) is 2.29. The molecule has 0 spiro atoms. The summed E-state index contributed by atoms with van der Waals surface area (Å²) in [6.45, 7) is 3.94. The lowest BCUT2D eigenvalue weighted by Crippen LogP contribution is -2.31. The number of likely N-dealkylation sites (tertiary alicyclic amines) is 1. The molecule has 1 unspecified atom stereocenters. The van der Waals surface area contributed by atoms with E-state index in [2.05, 4.69) is 10.2 Å². The standard InChI is InChI=1S/C14H22N2O2/c1-15-12-7-8-16(11-12)9-10-18-14-6-4-3-5-13(14)17-2/h3-6,12,15H,7-11H2,1-2H3. The van der Waals surface area contributed by atoms with Crippen LogP contribution < -0.4 is 14.8 Å². The zero-order valence-electron chi connectivity index (χ0n) is 11.2. The van der Waals surface area contributed by atoms with E-state index in [4.69, 9.17) is 9.47 Å². The molecular weight excluding hydrogens is 228 g/mol. The molecule has 0 radical (unpaired) electrons. The van der Waals surface area contributed by atoms with Gasteiger partial charge in [-0.25, -0.2) is 0 Å². The first-order valence-electron chi connectivity index (χ1n) is 6.49. The van der Waals surface area contributed by atoms with Crippen LogP contribution in [0.3, 0.4) is 0 Å². The Morgan fingerprint density at radius 2 is 2.11 bits per heavy atom. The molecule has 2 rings (SSSR count). The summed E-state index contributed by atoms with van der Waals surface area (Å²) in [4.78, 5) is 2.43. The van der Waals surface area contributed by atoms with E-state index < -0.39 is 0 Å². The van der Waals surface area contributed by atoms with Gasteiger partial charge in [-0.2, -0.15) is 0 Å². The fourth-order valence-corrected chi connectivity index (χ4v) is 2.29. The van der Waals surface area contributed by atoms with Crippen LogP contribution in [-0.4, -0.2) is 51.3 Å². The maximum atomic E-state index is 5.77. The predicted octanol–water partition coefficient (Wildman–Crippen LogP) is 1.37. The molecule has 1 fully saturated rings. The third-order valence-corrected chi connectivity index (χ3v) is 3.41. The minimum atomic E-state index is 0.635. The normalized spacial score (nSPS) is 20.0. The summed E-state index contributed by atoms with van der Waals surface area (Å²) in [5.41, 5.74) is 0. The minimum Gasteiger partial charge on any atom is -0.493 e. The maximum Gasteiger partial charge on any atom is 0.161 e. The van der Waals surface area contributed by atoms with Gasteiger partial charge in [0.15, 0.2) is 11.5 Å². The van der Waals surface area contributed by atoms with Crippen LogP contribution in [0.4, 0.5) is 0 Å². The van der Waals surface area contributed by atoms with Gasteiger partial charge in [-0.1, -0.05) is 12.1 Å². The Balaban J connectivity index is 1.75. The van der Waals surface area contributed by atoms with Gasteiger partial charge in [0, 0.05) is 19.1 Å². The smallest absolute Gasteiger partial charge is 0.161 e. The summed E-state index contributed by atoms with van der Waals surface area (Å²) in [5.74, 6) is 1.62. The van der Waals surface area contributed by atoms with E-state index in [9.17, 15) is 0 Å². The molecule has 4 heteroatoms. The lowest BCUT2D eigenvalue weighted by molar-refractivity contribution is 0.228. The number of hydrogen-bond acceptors (Lipinski definition) is 4. The molecule has 1 aliphatic rings. The molecule has 0 aromatic heterocycles. The van der Waals surface area contributed by atoms with E-state index in [1.807, 2.05) is 31.3 Å². The molecule has 100 valence electrons. The largest absolute Gasteiger partial charge is 0.493 e. The van der Waals surface area contributed by atoms with Gasteiger partial charge in [0.05, 0.1) is 7.11 Å². The average molecular weight is 250 g/mol. The van der Waals surface area contributed by atoms with E-state index in [-0.39, 0.29) is 0 Å². The Hall–Kier alpha value is -1.26. The fraction of sp³-hybridized carbons (Fsp3) is 0.571. The number of methoxy groups -OCH3 is 1. The minimum absolute atomic E-state index is 0.635. The monoisotopic (exact) mass is 250 g/mol. The van der Waals surface area contributed by atoms with Crippen molar-refractivity contribution in [2.24, 2.45) is 0 Å². The van der Waals surface area contributed by atoms with Crippen molar-refractivity contribution in [3.05, 3.63) is 24.3 Å². The van der Waals surface area contributed by atoms with E-state index >= 15 is 0 Å². The molecule has 4 nitrogen and oxygen atoms in total. The SMILES string of the molecule is CNC1CCN(CCOc2ccccc2OC)C1. The third-order valence-electron chi connectivity index (χ3n) is 3.41. The van der Waals surface area contributed by atoms with E-state index in [0.717, 1.165) is 31.1 Å². The summed E-state index contributed by atoms with van der Waals surface area (Å²) >= 11 is 0. The number of para-hydroxylation sites is 2. The number of rotatable bonds is 6. The highest BCUT2D eigenvalue weighted by Gasteiger charge is 2.20. The molecule has 0 amide bonds. The van der Waals surface area contributed by atoms with Crippen LogP contribution in [0.1, 0.15) is 6.42 Å². The van der Waals surface area contributed by atoms with E-state index in [1.165, 1.54) is 6.42 Å². The molecule has 1 saturated heterocycles. The average Bonchev–Trinajstić information content (AvgIpc) is 2.87. The molecule has 1 aromatic rings. The van der Waals surface area contributed by atoms with Crippen molar-refractivity contribution in [1.82, 2.24) is 10.2 Å². The Morgan fingerprint density at radius 1 is 1.33 bits per heavy atom. The van der Waals surface area contributed by atoms with Gasteiger partial charge in [-0.15, -0.1) is 0 Å². The van der Waals surface area contributed by atoms with E-state index in [0.29, 0.717) is 12.6 Å². The van der Waals surface area contributed by atoms with Crippen molar-refractivity contribution in [3.63, 3.8) is 0 Å². The number of ether oxygens (including phenoxy) is 2. The van der Waals surface area contributed by atoms with Crippen LogP contribution in [0.5, 0.6) is 11.5 Å². The first-order chi connectivity index (χ1) is 8.83. The second-order valence-corrected chi connectivity index (χ2v) is 4.57. The third kappa shape index (κ3) is 3.37. The van der Waals surface area contributed by atoms with Gasteiger partial charge in [0.25, 0.3) is 0 Å². The molecule has 1 aromatic carbocycles. The van der Waals surface area contributed by atoms with Gasteiger partial charge in [-0.3, -0.25) is 4.90 Å². The number of benzene rings is 1. The molecular formula is C14H22N2O2. The van der Waals surface area contributed by atoms with Gasteiger partial charge in [0.2, 0.25) is 0 Å². The topological polar surface area (TPSA) is 33.7 Å². The number of hydrogen-bond donors (Lipinski definition) is 1. The lowest BCUT2D eigenvalue weighted by atomic mass is 10.3. The number of nitrogens with zero attached hydrogens (tertiary/aromatic N) is 1. The molecule has 0 bridgehead atoms. The van der Waals surface area contributed by atoms with Gasteiger partial charge in [0.1, 0.15) is 6.61 Å². The van der Waals surface area contributed by atoms with Crippen molar-refractivity contribution >= 4 is 0 Å². The van der Waals surface area contributed by atoms with Crippen LogP contribution in [0.25, 0.3) is 0 Å². The van der Waals surface area contributed by atoms with Gasteiger partial charge in [-0.05, 0) is 32.1 Å². The quantitative estimate of drug-likeness (QED) is 0.827. The van der Waals surface area contributed by atoms with Crippen LogP contribution in [0.2, 0.25) is 0 Å². The first-order valence-corrected chi connectivity index (χ1v) is 6.49. The number of nitrogens with one attached hydrogen (secondary N) is 1. The number of likely N-dealkylation sites (N-methyl/N-ethyl adjacent to an activating group) is 1. The zero-order valence-corrected chi connectivity index (χ0v) is 11.2. The maximum absolute atomic E-state index is 5.77. The molecule has 1 N–H and O–H groups in total. The van der Waals surface area contributed by atoms with Gasteiger partial charge < -0.3 is 14.8 Å². The van der Waals surface area contributed by atoms with E-state index in [1.54, 1.807) is 7.11 Å². The Kier molecular flexibility index (Phi) is 4.84. The van der Waals surface area contributed by atoms with Crippen molar-refractivity contribution < 1.29 is 9.47 Å². The van der Waals surface area contributed by atoms with Crippen molar-refractivity contribution in [1.29, 1.82) is 0 Å².